The summed E-state index contributed by atoms with van der Waals surface area (Å²) in [5, 5.41) is 8.07. The molecule has 3 rings (SSSR count). The molecule has 0 amide bonds. The van der Waals surface area contributed by atoms with Crippen molar-refractivity contribution in [1.29, 1.82) is 0 Å². The Balaban J connectivity index is 1.97. The van der Waals surface area contributed by atoms with Crippen molar-refractivity contribution in [3.63, 3.8) is 0 Å². The highest BCUT2D eigenvalue weighted by Gasteiger charge is 2.18. The summed E-state index contributed by atoms with van der Waals surface area (Å²) in [6.45, 7) is 3.85. The summed E-state index contributed by atoms with van der Waals surface area (Å²) >= 11 is 0. The minimum atomic E-state index is -3.72. The maximum Gasteiger partial charge on any atom is 0.266 e. The molecule has 0 bridgehead atoms. The van der Waals surface area contributed by atoms with Crippen molar-refractivity contribution >= 4 is 21.5 Å². The van der Waals surface area contributed by atoms with E-state index in [1.165, 1.54) is 23.1 Å². The quantitative estimate of drug-likeness (QED) is 0.784. The molecule has 3 aromatic rings. The third kappa shape index (κ3) is 2.47. The van der Waals surface area contributed by atoms with Gasteiger partial charge in [-0.25, -0.2) is 13.4 Å². The highest BCUT2D eigenvalue weighted by atomic mass is 32.2. The zero-order valence-corrected chi connectivity index (χ0v) is 12.3. The molecule has 110 valence electrons. The van der Waals surface area contributed by atoms with E-state index in [9.17, 15) is 8.42 Å². The fourth-order valence-corrected chi connectivity index (χ4v) is 2.83. The molecule has 0 radical (unpaired) electrons. The highest BCUT2D eigenvalue weighted by molar-refractivity contribution is 7.92. The summed E-state index contributed by atoms with van der Waals surface area (Å²) in [6.07, 6.45) is 5.89. The van der Waals surface area contributed by atoms with Gasteiger partial charge in [0.2, 0.25) is 0 Å². The average molecular weight is 306 g/mol. The molecule has 1 N–H and O–H groups in total. The average Bonchev–Trinajstić information content (AvgIpc) is 3.08. The van der Waals surface area contributed by atoms with Crippen LogP contribution in [0.3, 0.4) is 0 Å². The summed E-state index contributed by atoms with van der Waals surface area (Å²) in [5.41, 5.74) is 0.563. The lowest BCUT2D eigenvalue weighted by Crippen LogP contribution is -2.15. The number of hydrogen-bond donors (Lipinski definition) is 1. The second-order valence-electron chi connectivity index (χ2n) is 4.79. The Morgan fingerprint density at radius 2 is 2.00 bits per heavy atom. The SMILES string of the molecule is CC(C)n1cc(S(=O)(=O)Nc2ccnc3ccnn23)cn1. The van der Waals surface area contributed by atoms with Gasteiger partial charge in [-0.15, -0.1) is 0 Å². The molecule has 9 heteroatoms. The molecule has 0 aliphatic heterocycles. The first kappa shape index (κ1) is 13.6. The van der Waals surface area contributed by atoms with E-state index >= 15 is 0 Å². The van der Waals surface area contributed by atoms with Gasteiger partial charge in [-0.2, -0.15) is 14.7 Å². The van der Waals surface area contributed by atoms with Gasteiger partial charge in [-0.3, -0.25) is 9.40 Å². The smallest absolute Gasteiger partial charge is 0.266 e. The Kier molecular flexibility index (Phi) is 3.13. The van der Waals surface area contributed by atoms with Gasteiger partial charge in [0.25, 0.3) is 10.0 Å². The molecule has 3 heterocycles. The zero-order chi connectivity index (χ0) is 15.0. The number of sulfonamides is 1. The second kappa shape index (κ2) is 4.85. The molecule has 0 saturated carbocycles. The standard InChI is InChI=1S/C12H14N6O2S/c1-9(2)17-8-10(7-15-17)21(19,20)16-12-3-5-13-11-4-6-14-18(11)12/h3-9,16H,1-2H3. The largest absolute Gasteiger partial charge is 0.269 e. The van der Waals surface area contributed by atoms with Gasteiger partial charge in [0.05, 0.1) is 12.4 Å². The number of aromatic nitrogens is 5. The van der Waals surface area contributed by atoms with Gasteiger partial charge in [0, 0.05) is 24.5 Å². The number of nitrogens with zero attached hydrogens (tertiary/aromatic N) is 5. The van der Waals surface area contributed by atoms with Crippen molar-refractivity contribution in [2.45, 2.75) is 24.8 Å². The lowest BCUT2D eigenvalue weighted by atomic mass is 10.4. The van der Waals surface area contributed by atoms with E-state index in [-0.39, 0.29) is 10.9 Å². The fourth-order valence-electron chi connectivity index (χ4n) is 1.85. The molecule has 0 spiro atoms. The Morgan fingerprint density at radius 3 is 2.71 bits per heavy atom. The van der Waals surface area contributed by atoms with Gasteiger partial charge < -0.3 is 0 Å². The van der Waals surface area contributed by atoms with Crippen molar-refractivity contribution in [3.05, 3.63) is 36.9 Å². The van der Waals surface area contributed by atoms with Crippen molar-refractivity contribution in [3.8, 4) is 0 Å². The molecular formula is C12H14N6O2S. The summed E-state index contributed by atoms with van der Waals surface area (Å²) in [5.74, 6) is 0.322. The summed E-state index contributed by atoms with van der Waals surface area (Å²) in [4.78, 5) is 4.19. The molecule has 0 aromatic carbocycles. The van der Waals surface area contributed by atoms with Gasteiger partial charge >= 0.3 is 0 Å². The van der Waals surface area contributed by atoms with Crippen LogP contribution in [0.1, 0.15) is 19.9 Å². The van der Waals surface area contributed by atoms with Crippen molar-refractivity contribution < 1.29 is 8.42 Å². The zero-order valence-electron chi connectivity index (χ0n) is 11.5. The van der Waals surface area contributed by atoms with Crippen LogP contribution in [-0.4, -0.2) is 32.8 Å². The topological polar surface area (TPSA) is 94.2 Å². The van der Waals surface area contributed by atoms with Crippen LogP contribution in [0.15, 0.2) is 41.8 Å². The van der Waals surface area contributed by atoms with Crippen molar-refractivity contribution in [1.82, 2.24) is 24.4 Å². The first-order valence-electron chi connectivity index (χ1n) is 6.33. The van der Waals surface area contributed by atoms with Crippen LogP contribution >= 0.6 is 0 Å². The Morgan fingerprint density at radius 1 is 1.19 bits per heavy atom. The molecular weight excluding hydrogens is 292 g/mol. The molecule has 3 aromatic heterocycles. The first-order valence-corrected chi connectivity index (χ1v) is 7.81. The molecule has 0 atom stereocenters. The normalized spacial score (nSPS) is 12.1. The second-order valence-corrected chi connectivity index (χ2v) is 6.47. The minimum absolute atomic E-state index is 0.0905. The number of fused-ring (bicyclic) bond motifs is 1. The summed E-state index contributed by atoms with van der Waals surface area (Å²) in [7, 11) is -3.72. The van der Waals surface area contributed by atoms with Gasteiger partial charge in [0.15, 0.2) is 5.65 Å². The Bertz CT molecular complexity index is 880. The maximum absolute atomic E-state index is 12.4. The van der Waals surface area contributed by atoms with E-state index in [2.05, 4.69) is 19.9 Å². The highest BCUT2D eigenvalue weighted by Crippen LogP contribution is 2.16. The molecule has 0 saturated heterocycles. The third-order valence-corrected chi connectivity index (χ3v) is 4.26. The summed E-state index contributed by atoms with van der Waals surface area (Å²) < 4.78 is 30.3. The molecule has 0 aliphatic carbocycles. The fraction of sp³-hybridized carbons (Fsp3) is 0.250. The third-order valence-electron chi connectivity index (χ3n) is 2.95. The monoisotopic (exact) mass is 306 g/mol. The lowest BCUT2D eigenvalue weighted by Gasteiger charge is -2.07. The molecule has 0 unspecified atom stereocenters. The molecule has 0 fully saturated rings. The Hall–Kier alpha value is -2.42. The number of nitrogens with one attached hydrogen (secondary N) is 1. The van der Waals surface area contributed by atoms with E-state index in [0.717, 1.165) is 0 Å². The molecule has 0 aliphatic rings. The van der Waals surface area contributed by atoms with Crippen LogP contribution in [0.2, 0.25) is 0 Å². The van der Waals surface area contributed by atoms with E-state index < -0.39 is 10.0 Å². The maximum atomic E-state index is 12.4. The predicted octanol–water partition coefficient (Wildman–Crippen LogP) is 1.31. The summed E-state index contributed by atoms with van der Waals surface area (Å²) in [6, 6.07) is 3.33. The van der Waals surface area contributed by atoms with Crippen molar-refractivity contribution in [2.24, 2.45) is 0 Å². The van der Waals surface area contributed by atoms with Crippen molar-refractivity contribution in [2.75, 3.05) is 4.72 Å². The van der Waals surface area contributed by atoms with E-state index in [0.29, 0.717) is 11.5 Å². The minimum Gasteiger partial charge on any atom is -0.269 e. The lowest BCUT2D eigenvalue weighted by molar-refractivity contribution is 0.531. The van der Waals surface area contributed by atoms with Crippen LogP contribution in [-0.2, 0) is 10.0 Å². The van der Waals surface area contributed by atoms with E-state index in [1.54, 1.807) is 23.0 Å². The van der Waals surface area contributed by atoms with Gasteiger partial charge in [-0.1, -0.05) is 0 Å². The number of anilines is 1. The van der Waals surface area contributed by atoms with Gasteiger partial charge in [-0.05, 0) is 19.9 Å². The number of hydrogen-bond acceptors (Lipinski definition) is 5. The van der Waals surface area contributed by atoms with Crippen LogP contribution in [0.5, 0.6) is 0 Å². The first-order chi connectivity index (χ1) is 9.97. The number of rotatable bonds is 4. The van der Waals surface area contributed by atoms with Crippen LogP contribution in [0.25, 0.3) is 5.65 Å². The van der Waals surface area contributed by atoms with Crippen LogP contribution in [0.4, 0.5) is 5.82 Å². The van der Waals surface area contributed by atoms with Crippen LogP contribution < -0.4 is 4.72 Å². The molecule has 21 heavy (non-hydrogen) atoms. The molecule has 8 nitrogen and oxygen atoms in total. The van der Waals surface area contributed by atoms with Gasteiger partial charge in [0.1, 0.15) is 10.7 Å². The van der Waals surface area contributed by atoms with E-state index in [1.807, 2.05) is 13.8 Å². The van der Waals surface area contributed by atoms with E-state index in [4.69, 9.17) is 0 Å². The van der Waals surface area contributed by atoms with Crippen LogP contribution in [0, 0.1) is 0 Å². The Labute approximate surface area is 121 Å². The predicted molar refractivity (Wildman–Crippen MR) is 76.4 cm³/mol.